The maximum atomic E-state index is 13.1. The molecule has 10 nitrogen and oxygen atoms in total. The third-order valence-corrected chi connectivity index (χ3v) is 6.20. The van der Waals surface area contributed by atoms with Gasteiger partial charge in [0.15, 0.2) is 0 Å². The predicted octanol–water partition coefficient (Wildman–Crippen LogP) is 3.10. The standard InChI is InChI=1S/C30H39N5O5/c1-30(2,3)40-29(39)35-25(18-21-19-33-23-14-8-7-13-22(21)23)28(38)32-16-10-9-15-26(36)34-24(27(31)37)17-20-11-5-4-6-12-20/h4-8,11-14,19,24-25,33H,9-10,15-18H2,1-3H3,(H2,31,37)(H,32,38)(H,34,36)(H,35,39)/t24?,25-/m0/s1. The van der Waals surface area contributed by atoms with E-state index in [2.05, 4.69) is 20.9 Å². The van der Waals surface area contributed by atoms with Crippen LogP contribution in [0.3, 0.4) is 0 Å². The molecule has 1 aromatic heterocycles. The number of aromatic amines is 1. The second kappa shape index (κ2) is 14.2. The molecule has 0 bridgehead atoms. The first kappa shape index (κ1) is 30.2. The molecule has 6 N–H and O–H groups in total. The molecular weight excluding hydrogens is 510 g/mol. The van der Waals surface area contributed by atoms with E-state index in [1.165, 1.54) is 0 Å². The highest BCUT2D eigenvalue weighted by atomic mass is 16.6. The summed E-state index contributed by atoms with van der Waals surface area (Å²) in [4.78, 5) is 52.9. The first-order valence-electron chi connectivity index (χ1n) is 13.5. The van der Waals surface area contributed by atoms with Gasteiger partial charge in [-0.2, -0.15) is 0 Å². The molecule has 0 radical (unpaired) electrons. The number of ether oxygens (including phenoxy) is 1. The molecule has 0 aliphatic rings. The molecule has 0 spiro atoms. The molecule has 4 amide bonds. The monoisotopic (exact) mass is 549 g/mol. The summed E-state index contributed by atoms with van der Waals surface area (Å²) in [6.45, 7) is 5.58. The summed E-state index contributed by atoms with van der Waals surface area (Å²) in [5, 5.41) is 9.21. The molecule has 10 heteroatoms. The number of carbonyl (C=O) groups is 4. The highest BCUT2D eigenvalue weighted by Crippen LogP contribution is 2.19. The number of carbonyl (C=O) groups excluding carboxylic acids is 4. The Morgan fingerprint density at radius 3 is 2.30 bits per heavy atom. The van der Waals surface area contributed by atoms with Crippen molar-refractivity contribution in [3.8, 4) is 0 Å². The van der Waals surface area contributed by atoms with Gasteiger partial charge < -0.3 is 31.4 Å². The van der Waals surface area contributed by atoms with Crippen LogP contribution in [-0.2, 0) is 32.0 Å². The maximum absolute atomic E-state index is 13.1. The Morgan fingerprint density at radius 2 is 1.60 bits per heavy atom. The Kier molecular flexibility index (Phi) is 10.7. The largest absolute Gasteiger partial charge is 0.444 e. The van der Waals surface area contributed by atoms with Gasteiger partial charge >= 0.3 is 6.09 Å². The molecule has 0 saturated heterocycles. The van der Waals surface area contributed by atoms with Gasteiger partial charge in [-0.1, -0.05) is 48.5 Å². The Bertz CT molecular complexity index is 1300. The SMILES string of the molecule is CC(C)(C)OC(=O)N[C@@H](Cc1c[nH]c2ccccc12)C(=O)NCCCCC(=O)NC(Cc1ccccc1)C(N)=O. The zero-order valence-corrected chi connectivity index (χ0v) is 23.3. The fraction of sp³-hybridized carbons (Fsp3) is 0.400. The predicted molar refractivity (Wildman–Crippen MR) is 153 cm³/mol. The lowest BCUT2D eigenvalue weighted by Gasteiger charge is -2.23. The highest BCUT2D eigenvalue weighted by molar-refractivity contribution is 5.88. The van der Waals surface area contributed by atoms with Crippen LogP contribution in [0.5, 0.6) is 0 Å². The van der Waals surface area contributed by atoms with Gasteiger partial charge in [0.1, 0.15) is 17.7 Å². The number of hydrogen-bond acceptors (Lipinski definition) is 5. The van der Waals surface area contributed by atoms with E-state index in [-0.39, 0.29) is 24.7 Å². The number of rotatable bonds is 13. The zero-order chi connectivity index (χ0) is 29.1. The van der Waals surface area contributed by atoms with Crippen LogP contribution in [0, 0.1) is 0 Å². The van der Waals surface area contributed by atoms with Gasteiger partial charge in [0.2, 0.25) is 17.7 Å². The van der Waals surface area contributed by atoms with Crippen molar-refractivity contribution in [1.29, 1.82) is 0 Å². The van der Waals surface area contributed by atoms with Crippen molar-refractivity contribution in [1.82, 2.24) is 20.9 Å². The van der Waals surface area contributed by atoms with Crippen molar-refractivity contribution in [2.24, 2.45) is 5.73 Å². The summed E-state index contributed by atoms with van der Waals surface area (Å²) in [6, 6.07) is 15.4. The number of amides is 4. The van der Waals surface area contributed by atoms with E-state index in [1.54, 1.807) is 20.8 Å². The van der Waals surface area contributed by atoms with E-state index < -0.39 is 29.7 Å². The molecule has 2 atom stereocenters. The van der Waals surface area contributed by atoms with E-state index >= 15 is 0 Å². The number of nitrogens with one attached hydrogen (secondary N) is 4. The van der Waals surface area contributed by atoms with E-state index in [4.69, 9.17) is 10.5 Å². The fourth-order valence-corrected chi connectivity index (χ4v) is 4.26. The number of H-pyrrole nitrogens is 1. The second-order valence-corrected chi connectivity index (χ2v) is 10.7. The molecule has 2 aromatic carbocycles. The third kappa shape index (κ3) is 9.76. The Balaban J connectivity index is 1.50. The molecular formula is C30H39N5O5. The Labute approximate surface area is 234 Å². The van der Waals surface area contributed by atoms with Gasteiger partial charge in [-0.05, 0) is 50.8 Å². The second-order valence-electron chi connectivity index (χ2n) is 10.7. The molecule has 1 unspecified atom stereocenters. The maximum Gasteiger partial charge on any atom is 0.408 e. The summed E-state index contributed by atoms with van der Waals surface area (Å²) in [6.07, 6.45) is 2.96. The summed E-state index contributed by atoms with van der Waals surface area (Å²) in [5.41, 5.74) is 7.50. The van der Waals surface area contributed by atoms with Gasteiger partial charge in [-0.25, -0.2) is 4.79 Å². The van der Waals surface area contributed by atoms with Crippen LogP contribution < -0.4 is 21.7 Å². The molecule has 0 fully saturated rings. The first-order chi connectivity index (χ1) is 19.0. The van der Waals surface area contributed by atoms with Gasteiger partial charge in [0, 0.05) is 42.9 Å². The minimum Gasteiger partial charge on any atom is -0.444 e. The van der Waals surface area contributed by atoms with Crippen LogP contribution in [0.4, 0.5) is 4.79 Å². The molecule has 214 valence electrons. The minimum absolute atomic E-state index is 0.184. The summed E-state index contributed by atoms with van der Waals surface area (Å²) >= 11 is 0. The lowest BCUT2D eigenvalue weighted by molar-refractivity contribution is -0.127. The summed E-state index contributed by atoms with van der Waals surface area (Å²) < 4.78 is 5.37. The third-order valence-electron chi connectivity index (χ3n) is 6.20. The van der Waals surface area contributed by atoms with Crippen LogP contribution in [0.1, 0.15) is 51.2 Å². The zero-order valence-electron chi connectivity index (χ0n) is 23.3. The molecule has 40 heavy (non-hydrogen) atoms. The number of nitrogens with two attached hydrogens (primary N) is 1. The van der Waals surface area contributed by atoms with Crippen LogP contribution in [0.15, 0.2) is 60.8 Å². The lowest BCUT2D eigenvalue weighted by Crippen LogP contribution is -2.49. The van der Waals surface area contributed by atoms with Crippen molar-refractivity contribution >= 4 is 34.7 Å². The van der Waals surface area contributed by atoms with E-state index in [1.807, 2.05) is 60.8 Å². The smallest absolute Gasteiger partial charge is 0.408 e. The molecule has 0 aliphatic heterocycles. The van der Waals surface area contributed by atoms with Crippen LogP contribution in [0.25, 0.3) is 10.9 Å². The lowest BCUT2D eigenvalue weighted by atomic mass is 10.0. The van der Waals surface area contributed by atoms with Crippen molar-refractivity contribution in [3.63, 3.8) is 0 Å². The number of aromatic nitrogens is 1. The fourth-order valence-electron chi connectivity index (χ4n) is 4.26. The average Bonchev–Trinajstić information content (AvgIpc) is 3.30. The number of alkyl carbamates (subject to hydrolysis) is 1. The molecule has 3 aromatic rings. The number of unbranched alkanes of at least 4 members (excludes halogenated alkanes) is 1. The summed E-state index contributed by atoms with van der Waals surface area (Å²) in [7, 11) is 0. The Hall–Kier alpha value is -4.34. The van der Waals surface area contributed by atoms with Gasteiger partial charge in [-0.3, -0.25) is 14.4 Å². The molecule has 0 aliphatic carbocycles. The number of fused-ring (bicyclic) bond motifs is 1. The minimum atomic E-state index is -0.855. The van der Waals surface area contributed by atoms with Gasteiger partial charge in [-0.15, -0.1) is 0 Å². The van der Waals surface area contributed by atoms with Crippen molar-refractivity contribution in [2.75, 3.05) is 6.54 Å². The van der Waals surface area contributed by atoms with Crippen LogP contribution in [0.2, 0.25) is 0 Å². The molecule has 0 saturated carbocycles. The normalized spacial score (nSPS) is 12.8. The Morgan fingerprint density at radius 1 is 0.900 bits per heavy atom. The number of benzene rings is 2. The number of hydrogen-bond donors (Lipinski definition) is 5. The van der Waals surface area contributed by atoms with Gasteiger partial charge in [0.25, 0.3) is 0 Å². The summed E-state index contributed by atoms with van der Waals surface area (Å²) in [5.74, 6) is -1.23. The first-order valence-corrected chi connectivity index (χ1v) is 13.5. The van der Waals surface area contributed by atoms with Crippen molar-refractivity contribution < 1.29 is 23.9 Å². The number of primary amides is 1. The highest BCUT2D eigenvalue weighted by Gasteiger charge is 2.25. The molecule has 3 rings (SSSR count). The van der Waals surface area contributed by atoms with Gasteiger partial charge in [0.05, 0.1) is 0 Å². The van der Waals surface area contributed by atoms with Crippen molar-refractivity contribution in [3.05, 3.63) is 71.9 Å². The van der Waals surface area contributed by atoms with E-state index in [9.17, 15) is 19.2 Å². The average molecular weight is 550 g/mol. The quantitative estimate of drug-likeness (QED) is 0.207. The molecule has 1 heterocycles. The topological polar surface area (TPSA) is 155 Å². The van der Waals surface area contributed by atoms with Crippen LogP contribution >= 0.6 is 0 Å². The van der Waals surface area contributed by atoms with Crippen molar-refractivity contribution in [2.45, 2.75) is 70.6 Å². The van der Waals surface area contributed by atoms with E-state index in [0.29, 0.717) is 25.8 Å². The van der Waals surface area contributed by atoms with Crippen LogP contribution in [-0.4, -0.2) is 53.0 Å². The van der Waals surface area contributed by atoms with E-state index in [0.717, 1.165) is 22.0 Å². The number of para-hydroxylation sites is 1.